The second-order valence-electron chi connectivity index (χ2n) is 8.41. The van der Waals surface area contributed by atoms with E-state index in [1.54, 1.807) is 0 Å². The van der Waals surface area contributed by atoms with Gasteiger partial charge in [-0.3, -0.25) is 0 Å². The predicted molar refractivity (Wildman–Crippen MR) is 106 cm³/mol. The topological polar surface area (TPSA) is 43.4 Å². The molecule has 136 valence electrons. The number of anilines is 1. The second-order valence-corrected chi connectivity index (χ2v) is 8.41. The number of pyridine rings is 1. The molecule has 5 heteroatoms. The molecule has 2 aliphatic rings. The molecule has 4 rings (SSSR count). The summed E-state index contributed by atoms with van der Waals surface area (Å²) in [4.78, 5) is 4.72. The first-order chi connectivity index (χ1) is 12.4. The summed E-state index contributed by atoms with van der Waals surface area (Å²) < 4.78 is 12.4. The lowest BCUT2D eigenvalue weighted by molar-refractivity contribution is 0.00578. The molecule has 0 bridgehead atoms. The van der Waals surface area contributed by atoms with Gasteiger partial charge in [-0.2, -0.15) is 0 Å². The van der Waals surface area contributed by atoms with Crippen molar-refractivity contribution in [1.82, 2.24) is 4.98 Å². The number of nitrogens with zero attached hydrogens (tertiary/aromatic N) is 1. The summed E-state index contributed by atoms with van der Waals surface area (Å²) in [7, 11) is -0.354. The molecule has 26 heavy (non-hydrogen) atoms. The predicted octanol–water partition coefficient (Wildman–Crippen LogP) is 3.87. The number of aromatic nitrogens is 1. The summed E-state index contributed by atoms with van der Waals surface area (Å²) in [5.74, 6) is 1.58. The molecule has 0 amide bonds. The van der Waals surface area contributed by atoms with Gasteiger partial charge in [0.1, 0.15) is 5.82 Å². The zero-order valence-electron chi connectivity index (χ0n) is 16.1. The number of nitrogens with one attached hydrogen (secondary N) is 1. The summed E-state index contributed by atoms with van der Waals surface area (Å²) in [6, 6.07) is 12.6. The fourth-order valence-electron chi connectivity index (χ4n) is 3.24. The van der Waals surface area contributed by atoms with Crippen molar-refractivity contribution >= 4 is 18.4 Å². The SMILES string of the molecule is CC1(C)OB(c2cnc(NCc3ccccc3)c(C3CC3)c2)OC1(C)C. The van der Waals surface area contributed by atoms with E-state index >= 15 is 0 Å². The average molecular weight is 350 g/mol. The van der Waals surface area contributed by atoms with Crippen molar-refractivity contribution in [3.8, 4) is 0 Å². The van der Waals surface area contributed by atoms with Gasteiger partial charge in [-0.15, -0.1) is 0 Å². The van der Waals surface area contributed by atoms with E-state index in [0.29, 0.717) is 5.92 Å². The van der Waals surface area contributed by atoms with E-state index < -0.39 is 0 Å². The Labute approximate surface area is 156 Å². The number of rotatable bonds is 5. The third kappa shape index (κ3) is 3.38. The highest BCUT2D eigenvalue weighted by Crippen LogP contribution is 2.43. The third-order valence-corrected chi connectivity index (χ3v) is 5.78. The van der Waals surface area contributed by atoms with Gasteiger partial charge in [-0.25, -0.2) is 4.98 Å². The van der Waals surface area contributed by atoms with Crippen LogP contribution in [0.1, 0.15) is 57.6 Å². The first kappa shape index (κ1) is 17.6. The van der Waals surface area contributed by atoms with Crippen LogP contribution >= 0.6 is 0 Å². The summed E-state index contributed by atoms with van der Waals surface area (Å²) in [5.41, 5.74) is 2.89. The van der Waals surface area contributed by atoms with Crippen molar-refractivity contribution in [3.05, 3.63) is 53.7 Å². The van der Waals surface area contributed by atoms with Crippen LogP contribution in [0.2, 0.25) is 0 Å². The molecule has 2 heterocycles. The van der Waals surface area contributed by atoms with E-state index in [4.69, 9.17) is 14.3 Å². The quantitative estimate of drug-likeness (QED) is 0.832. The van der Waals surface area contributed by atoms with Crippen LogP contribution in [-0.2, 0) is 15.9 Å². The highest BCUT2D eigenvalue weighted by molar-refractivity contribution is 6.62. The molecular weight excluding hydrogens is 323 g/mol. The van der Waals surface area contributed by atoms with Gasteiger partial charge in [-0.05, 0) is 57.6 Å². The molecule has 1 aromatic carbocycles. The maximum absolute atomic E-state index is 6.19. The molecule has 1 saturated carbocycles. The molecule has 1 aromatic heterocycles. The van der Waals surface area contributed by atoms with E-state index in [2.05, 4.69) is 63.3 Å². The molecule has 0 spiro atoms. The Morgan fingerprint density at radius 2 is 1.73 bits per heavy atom. The molecule has 2 fully saturated rings. The molecular formula is C21H27BN2O2. The summed E-state index contributed by atoms with van der Waals surface area (Å²) in [6.07, 6.45) is 4.35. The molecule has 2 aromatic rings. The monoisotopic (exact) mass is 350 g/mol. The van der Waals surface area contributed by atoms with Crippen molar-refractivity contribution in [2.45, 2.75) is 64.2 Å². The molecule has 1 aliphatic carbocycles. The number of hydrogen-bond acceptors (Lipinski definition) is 4. The van der Waals surface area contributed by atoms with E-state index in [1.807, 2.05) is 12.3 Å². The Hall–Kier alpha value is -1.85. The molecule has 0 unspecified atom stereocenters. The van der Waals surface area contributed by atoms with E-state index in [1.165, 1.54) is 24.0 Å². The molecule has 0 radical (unpaired) electrons. The van der Waals surface area contributed by atoms with Gasteiger partial charge >= 0.3 is 7.12 Å². The highest BCUT2D eigenvalue weighted by Gasteiger charge is 2.52. The van der Waals surface area contributed by atoms with Gasteiger partial charge in [-0.1, -0.05) is 36.4 Å². The maximum atomic E-state index is 6.19. The largest absolute Gasteiger partial charge is 0.496 e. The molecule has 1 aliphatic heterocycles. The Bertz CT molecular complexity index is 772. The van der Waals surface area contributed by atoms with Crippen LogP contribution < -0.4 is 10.8 Å². The standard InChI is InChI=1S/C21H27BN2O2/c1-20(2)21(3,4)26-22(25-20)17-12-18(16-10-11-16)19(24-14-17)23-13-15-8-6-5-7-9-15/h5-9,12,14,16H,10-11,13H2,1-4H3,(H,23,24). The number of hydrogen-bond donors (Lipinski definition) is 1. The van der Waals surface area contributed by atoms with Gasteiger partial charge in [0.15, 0.2) is 0 Å². The van der Waals surface area contributed by atoms with Gasteiger partial charge in [0, 0.05) is 18.2 Å². The van der Waals surface area contributed by atoms with Crippen molar-refractivity contribution in [2.24, 2.45) is 0 Å². The lowest BCUT2D eigenvalue weighted by Crippen LogP contribution is -2.41. The third-order valence-electron chi connectivity index (χ3n) is 5.78. The van der Waals surface area contributed by atoms with Gasteiger partial charge < -0.3 is 14.6 Å². The van der Waals surface area contributed by atoms with Gasteiger partial charge in [0.2, 0.25) is 0 Å². The van der Waals surface area contributed by atoms with Crippen molar-refractivity contribution in [1.29, 1.82) is 0 Å². The normalized spacial score (nSPS) is 21.0. The molecule has 0 atom stereocenters. The fraction of sp³-hybridized carbons (Fsp3) is 0.476. The molecule has 1 N–H and O–H groups in total. The lowest BCUT2D eigenvalue weighted by atomic mass is 9.79. The minimum atomic E-state index is -0.354. The van der Waals surface area contributed by atoms with Crippen LogP contribution in [0.15, 0.2) is 42.6 Å². The number of benzene rings is 1. The van der Waals surface area contributed by atoms with Gasteiger partial charge in [0.25, 0.3) is 0 Å². The van der Waals surface area contributed by atoms with Crippen LogP contribution in [-0.4, -0.2) is 23.3 Å². The van der Waals surface area contributed by atoms with Gasteiger partial charge in [0.05, 0.1) is 11.2 Å². The van der Waals surface area contributed by atoms with Crippen molar-refractivity contribution in [3.63, 3.8) is 0 Å². The Kier molecular flexibility index (Phi) is 4.32. The first-order valence-corrected chi connectivity index (χ1v) is 9.49. The molecule has 1 saturated heterocycles. The zero-order valence-corrected chi connectivity index (χ0v) is 16.1. The first-order valence-electron chi connectivity index (χ1n) is 9.49. The van der Waals surface area contributed by atoms with Crippen molar-refractivity contribution < 1.29 is 9.31 Å². The maximum Gasteiger partial charge on any atom is 0.496 e. The fourth-order valence-corrected chi connectivity index (χ4v) is 3.24. The Balaban J connectivity index is 1.55. The lowest BCUT2D eigenvalue weighted by Gasteiger charge is -2.32. The average Bonchev–Trinajstić information content (AvgIpc) is 3.41. The van der Waals surface area contributed by atoms with E-state index in [0.717, 1.165) is 17.8 Å². The Morgan fingerprint density at radius 3 is 2.35 bits per heavy atom. The zero-order chi connectivity index (χ0) is 18.4. The van der Waals surface area contributed by atoms with Crippen LogP contribution in [0, 0.1) is 0 Å². The summed E-state index contributed by atoms with van der Waals surface area (Å²) >= 11 is 0. The van der Waals surface area contributed by atoms with E-state index in [-0.39, 0.29) is 18.3 Å². The van der Waals surface area contributed by atoms with Crippen LogP contribution in [0.3, 0.4) is 0 Å². The molecule has 4 nitrogen and oxygen atoms in total. The van der Waals surface area contributed by atoms with Crippen LogP contribution in [0.5, 0.6) is 0 Å². The van der Waals surface area contributed by atoms with Crippen molar-refractivity contribution in [2.75, 3.05) is 5.32 Å². The smallest absolute Gasteiger partial charge is 0.399 e. The summed E-state index contributed by atoms with van der Waals surface area (Å²) in [6.45, 7) is 9.11. The highest BCUT2D eigenvalue weighted by atomic mass is 16.7. The minimum Gasteiger partial charge on any atom is -0.399 e. The van der Waals surface area contributed by atoms with Crippen LogP contribution in [0.25, 0.3) is 0 Å². The second kappa shape index (κ2) is 6.40. The Morgan fingerprint density at radius 1 is 1.08 bits per heavy atom. The minimum absolute atomic E-state index is 0.332. The van der Waals surface area contributed by atoms with Crippen LogP contribution in [0.4, 0.5) is 5.82 Å². The van der Waals surface area contributed by atoms with E-state index in [9.17, 15) is 0 Å². The summed E-state index contributed by atoms with van der Waals surface area (Å²) in [5, 5.41) is 3.51.